The van der Waals surface area contributed by atoms with Crippen LogP contribution in [0.15, 0.2) is 56.9 Å². The third-order valence-electron chi connectivity index (χ3n) is 3.18. The lowest BCUT2D eigenvalue weighted by Gasteiger charge is -2.07. The standard InChI is InChI=1S/C16H16BrN5O2/c17-11-2-4-12(5-3-11)21-16(22-15(18)19)20-8-10-1-6-13-14(7-10)24-9-23-13/h1-7H,8-9H2,(H5,18,19,20,21,22). The SMILES string of the molecule is NC(N)=NC(=NCc1ccc2c(c1)OCO2)Nc1ccc(Br)cc1. The molecule has 0 bridgehead atoms. The van der Waals surface area contributed by atoms with Crippen LogP contribution in [0.5, 0.6) is 11.5 Å². The molecule has 124 valence electrons. The van der Waals surface area contributed by atoms with E-state index in [1.54, 1.807) is 0 Å². The molecule has 0 amide bonds. The van der Waals surface area contributed by atoms with Gasteiger partial charge in [-0.15, -0.1) is 0 Å². The smallest absolute Gasteiger partial charge is 0.231 e. The number of benzene rings is 2. The van der Waals surface area contributed by atoms with Gasteiger partial charge in [0.25, 0.3) is 0 Å². The van der Waals surface area contributed by atoms with Crippen molar-refractivity contribution < 1.29 is 9.47 Å². The Labute approximate surface area is 147 Å². The first-order valence-corrected chi connectivity index (χ1v) is 7.94. The zero-order valence-corrected chi connectivity index (χ0v) is 14.3. The Kier molecular flexibility index (Phi) is 4.85. The first-order valence-electron chi connectivity index (χ1n) is 7.15. The Hall–Kier alpha value is -2.74. The van der Waals surface area contributed by atoms with E-state index in [4.69, 9.17) is 20.9 Å². The molecule has 0 saturated heterocycles. The van der Waals surface area contributed by atoms with Crippen LogP contribution in [0.2, 0.25) is 0 Å². The van der Waals surface area contributed by atoms with Crippen molar-refractivity contribution in [1.82, 2.24) is 0 Å². The molecule has 0 saturated carbocycles. The van der Waals surface area contributed by atoms with Crippen molar-refractivity contribution in [3.63, 3.8) is 0 Å². The number of fused-ring (bicyclic) bond motifs is 1. The highest BCUT2D eigenvalue weighted by atomic mass is 79.9. The normalized spacial score (nSPS) is 12.8. The predicted molar refractivity (Wildman–Crippen MR) is 97.3 cm³/mol. The maximum absolute atomic E-state index is 5.48. The molecule has 0 aliphatic carbocycles. The molecule has 1 aliphatic heterocycles. The van der Waals surface area contributed by atoms with Crippen LogP contribution >= 0.6 is 15.9 Å². The molecule has 3 rings (SSSR count). The average Bonchev–Trinajstić information content (AvgIpc) is 3.02. The van der Waals surface area contributed by atoms with Crippen LogP contribution in [-0.4, -0.2) is 18.7 Å². The molecule has 0 radical (unpaired) electrons. The number of hydrogen-bond donors (Lipinski definition) is 3. The first-order chi connectivity index (χ1) is 11.6. The van der Waals surface area contributed by atoms with Gasteiger partial charge in [-0.05, 0) is 42.0 Å². The van der Waals surface area contributed by atoms with E-state index in [0.29, 0.717) is 18.3 Å². The van der Waals surface area contributed by atoms with Crippen molar-refractivity contribution in [2.24, 2.45) is 21.5 Å². The van der Waals surface area contributed by atoms with Gasteiger partial charge in [0.05, 0.1) is 6.54 Å². The van der Waals surface area contributed by atoms with E-state index in [9.17, 15) is 0 Å². The van der Waals surface area contributed by atoms with Gasteiger partial charge in [0, 0.05) is 10.2 Å². The number of nitrogens with zero attached hydrogens (tertiary/aromatic N) is 2. The fourth-order valence-electron chi connectivity index (χ4n) is 2.09. The first kappa shape index (κ1) is 16.1. The van der Waals surface area contributed by atoms with E-state index < -0.39 is 0 Å². The molecule has 0 spiro atoms. The molecule has 1 heterocycles. The van der Waals surface area contributed by atoms with E-state index >= 15 is 0 Å². The third-order valence-corrected chi connectivity index (χ3v) is 3.71. The largest absolute Gasteiger partial charge is 0.454 e. The van der Waals surface area contributed by atoms with E-state index in [-0.39, 0.29) is 12.8 Å². The molecule has 2 aromatic carbocycles. The summed E-state index contributed by atoms with van der Waals surface area (Å²) in [4.78, 5) is 8.45. The van der Waals surface area contributed by atoms with Gasteiger partial charge in [0.2, 0.25) is 12.8 Å². The zero-order valence-electron chi connectivity index (χ0n) is 12.7. The quantitative estimate of drug-likeness (QED) is 0.551. The van der Waals surface area contributed by atoms with Crippen LogP contribution in [0, 0.1) is 0 Å². The van der Waals surface area contributed by atoms with Crippen molar-refractivity contribution in [2.75, 3.05) is 12.1 Å². The average molecular weight is 390 g/mol. The second kappa shape index (κ2) is 7.22. The number of anilines is 1. The van der Waals surface area contributed by atoms with E-state index in [2.05, 4.69) is 31.2 Å². The summed E-state index contributed by atoms with van der Waals surface area (Å²) in [5.41, 5.74) is 12.7. The number of aliphatic imine (C=N–C) groups is 2. The molecular formula is C16H16BrN5O2. The highest BCUT2D eigenvalue weighted by Crippen LogP contribution is 2.32. The third kappa shape index (κ3) is 4.17. The van der Waals surface area contributed by atoms with Gasteiger partial charge < -0.3 is 26.3 Å². The van der Waals surface area contributed by atoms with Crippen molar-refractivity contribution >= 4 is 33.5 Å². The molecule has 1 aliphatic rings. The molecule has 0 atom stereocenters. The number of nitrogens with two attached hydrogens (primary N) is 2. The second-order valence-corrected chi connectivity index (χ2v) is 5.91. The van der Waals surface area contributed by atoms with Crippen molar-refractivity contribution in [2.45, 2.75) is 6.54 Å². The number of ether oxygens (including phenoxy) is 2. The predicted octanol–water partition coefficient (Wildman–Crippen LogP) is 2.42. The van der Waals surface area contributed by atoms with Gasteiger partial charge in [0.15, 0.2) is 17.5 Å². The molecule has 7 nitrogen and oxygen atoms in total. The van der Waals surface area contributed by atoms with Gasteiger partial charge >= 0.3 is 0 Å². The minimum absolute atomic E-state index is 0.0657. The summed E-state index contributed by atoms with van der Waals surface area (Å²) in [6.45, 7) is 0.638. The molecule has 0 unspecified atom stereocenters. The Balaban J connectivity index is 1.76. The molecule has 24 heavy (non-hydrogen) atoms. The van der Waals surface area contributed by atoms with Gasteiger partial charge in [-0.25, -0.2) is 4.99 Å². The molecule has 8 heteroatoms. The Morgan fingerprint density at radius 2 is 1.83 bits per heavy atom. The topological polar surface area (TPSA) is 107 Å². The maximum atomic E-state index is 5.48. The molecule has 0 aromatic heterocycles. The summed E-state index contributed by atoms with van der Waals surface area (Å²) in [5.74, 6) is 1.71. The van der Waals surface area contributed by atoms with E-state index in [0.717, 1.165) is 21.5 Å². The van der Waals surface area contributed by atoms with Gasteiger partial charge in [-0.3, -0.25) is 0 Å². The zero-order chi connectivity index (χ0) is 16.9. The number of guanidine groups is 2. The lowest BCUT2D eigenvalue weighted by molar-refractivity contribution is 0.174. The number of nitrogens with one attached hydrogen (secondary N) is 1. The Morgan fingerprint density at radius 3 is 2.58 bits per heavy atom. The van der Waals surface area contributed by atoms with Crippen LogP contribution in [0.1, 0.15) is 5.56 Å². The summed E-state index contributed by atoms with van der Waals surface area (Å²) in [6.07, 6.45) is 0. The summed E-state index contributed by atoms with van der Waals surface area (Å²) in [5, 5.41) is 3.09. The monoisotopic (exact) mass is 389 g/mol. The summed E-state index contributed by atoms with van der Waals surface area (Å²) in [7, 11) is 0. The lowest BCUT2D eigenvalue weighted by atomic mass is 10.2. The molecule has 2 aromatic rings. The van der Waals surface area contributed by atoms with Gasteiger partial charge in [-0.2, -0.15) is 4.99 Å². The fraction of sp³-hybridized carbons (Fsp3) is 0.125. The summed E-state index contributed by atoms with van der Waals surface area (Å²) < 4.78 is 11.6. The number of hydrogen-bond acceptors (Lipinski definition) is 3. The second-order valence-electron chi connectivity index (χ2n) is 5.00. The molecule has 0 fully saturated rings. The van der Waals surface area contributed by atoms with E-state index in [1.807, 2.05) is 42.5 Å². The maximum Gasteiger partial charge on any atom is 0.231 e. The van der Waals surface area contributed by atoms with Crippen LogP contribution in [0.4, 0.5) is 5.69 Å². The Bertz CT molecular complexity index is 786. The summed E-state index contributed by atoms with van der Waals surface area (Å²) in [6, 6.07) is 13.3. The number of rotatable bonds is 3. The van der Waals surface area contributed by atoms with Gasteiger partial charge in [0.1, 0.15) is 0 Å². The van der Waals surface area contributed by atoms with E-state index in [1.165, 1.54) is 0 Å². The summed E-state index contributed by atoms with van der Waals surface area (Å²) >= 11 is 3.39. The lowest BCUT2D eigenvalue weighted by Crippen LogP contribution is -2.26. The van der Waals surface area contributed by atoms with Crippen molar-refractivity contribution in [1.29, 1.82) is 0 Å². The highest BCUT2D eigenvalue weighted by molar-refractivity contribution is 9.10. The van der Waals surface area contributed by atoms with Crippen molar-refractivity contribution in [3.05, 3.63) is 52.5 Å². The minimum atomic E-state index is -0.0657. The van der Waals surface area contributed by atoms with Crippen molar-refractivity contribution in [3.8, 4) is 11.5 Å². The van der Waals surface area contributed by atoms with Crippen LogP contribution < -0.4 is 26.3 Å². The number of halogens is 1. The minimum Gasteiger partial charge on any atom is -0.454 e. The molecule has 5 N–H and O–H groups in total. The highest BCUT2D eigenvalue weighted by Gasteiger charge is 2.13. The van der Waals surface area contributed by atoms with Crippen LogP contribution in [0.3, 0.4) is 0 Å². The van der Waals surface area contributed by atoms with Crippen LogP contribution in [0.25, 0.3) is 0 Å². The van der Waals surface area contributed by atoms with Crippen LogP contribution in [-0.2, 0) is 6.54 Å². The Morgan fingerprint density at radius 1 is 1.08 bits per heavy atom. The fourth-order valence-corrected chi connectivity index (χ4v) is 2.36. The van der Waals surface area contributed by atoms with Gasteiger partial charge in [-0.1, -0.05) is 22.0 Å². The molecular weight excluding hydrogens is 374 g/mol.